The van der Waals surface area contributed by atoms with Gasteiger partial charge in [0.25, 0.3) is 10.0 Å². The van der Waals surface area contributed by atoms with Crippen LogP contribution < -0.4 is 4.31 Å². The van der Waals surface area contributed by atoms with Crippen LogP contribution in [0.5, 0.6) is 0 Å². The highest BCUT2D eigenvalue weighted by atomic mass is 32.2. The number of nitrogens with zero attached hydrogens (tertiary/aromatic N) is 2. The monoisotopic (exact) mass is 356 g/mol. The third-order valence-corrected chi connectivity index (χ3v) is 6.35. The zero-order valence-electron chi connectivity index (χ0n) is 14.0. The number of pyridine rings is 1. The summed E-state index contributed by atoms with van der Waals surface area (Å²) in [6, 6.07) is 11.8. The first-order valence-corrected chi connectivity index (χ1v) is 9.49. The van der Waals surface area contributed by atoms with Gasteiger partial charge in [-0.1, -0.05) is 11.6 Å². The molecule has 0 atom stereocenters. The van der Waals surface area contributed by atoms with Crippen LogP contribution in [-0.4, -0.2) is 19.9 Å². The summed E-state index contributed by atoms with van der Waals surface area (Å²) < 4.78 is 40.8. The lowest BCUT2D eigenvalue weighted by Gasteiger charge is -2.19. The molecular weight excluding hydrogens is 339 g/mol. The van der Waals surface area contributed by atoms with E-state index >= 15 is 0 Å². The first-order chi connectivity index (χ1) is 11.9. The van der Waals surface area contributed by atoms with Crippen LogP contribution in [0.15, 0.2) is 47.4 Å². The van der Waals surface area contributed by atoms with Crippen LogP contribution in [-0.2, 0) is 16.4 Å². The molecule has 4 nitrogen and oxygen atoms in total. The highest BCUT2D eigenvalue weighted by Gasteiger charge is 2.32. The average Bonchev–Trinajstić information content (AvgIpc) is 2.98. The number of sulfonamides is 1. The van der Waals surface area contributed by atoms with Crippen molar-refractivity contribution < 1.29 is 12.8 Å². The molecule has 4 rings (SSSR count). The summed E-state index contributed by atoms with van der Waals surface area (Å²) in [4.78, 5) is 4.67. The van der Waals surface area contributed by atoms with E-state index in [2.05, 4.69) is 4.98 Å². The molecule has 1 aliphatic heterocycles. The van der Waals surface area contributed by atoms with Crippen molar-refractivity contribution in [2.75, 3.05) is 10.8 Å². The molecule has 0 N–H and O–H groups in total. The van der Waals surface area contributed by atoms with Crippen molar-refractivity contribution in [1.29, 1.82) is 0 Å². The summed E-state index contributed by atoms with van der Waals surface area (Å²) in [6.07, 6.45) is 0.617. The van der Waals surface area contributed by atoms with Crippen LogP contribution in [0.25, 0.3) is 10.9 Å². The van der Waals surface area contributed by atoms with Gasteiger partial charge in [-0.2, -0.15) is 0 Å². The van der Waals surface area contributed by atoms with Gasteiger partial charge in [-0.15, -0.1) is 0 Å². The van der Waals surface area contributed by atoms with Gasteiger partial charge in [-0.3, -0.25) is 0 Å². The van der Waals surface area contributed by atoms with Gasteiger partial charge in [0, 0.05) is 11.9 Å². The maximum absolute atomic E-state index is 13.5. The maximum atomic E-state index is 13.5. The van der Waals surface area contributed by atoms with Gasteiger partial charge in [0.2, 0.25) is 0 Å². The molecule has 6 heteroatoms. The Kier molecular flexibility index (Phi) is 3.54. The van der Waals surface area contributed by atoms with Crippen LogP contribution >= 0.6 is 0 Å². The van der Waals surface area contributed by atoms with E-state index in [1.165, 1.54) is 22.5 Å². The van der Waals surface area contributed by atoms with Gasteiger partial charge < -0.3 is 0 Å². The smallest absolute Gasteiger partial charge is 0.249 e. The molecule has 0 radical (unpaired) electrons. The Bertz CT molecular complexity index is 1110. The number of aryl methyl sites for hydroxylation is 2. The molecule has 128 valence electrons. The molecule has 0 bridgehead atoms. The summed E-state index contributed by atoms with van der Waals surface area (Å²) in [5, 5.41) is 1.01. The molecule has 1 aromatic heterocycles. The number of benzene rings is 2. The minimum atomic E-state index is -3.76. The third-order valence-electron chi connectivity index (χ3n) is 4.56. The van der Waals surface area contributed by atoms with Gasteiger partial charge in [0.05, 0.1) is 10.4 Å². The second kappa shape index (κ2) is 5.52. The topological polar surface area (TPSA) is 50.3 Å². The lowest BCUT2D eigenvalue weighted by atomic mass is 10.1. The van der Waals surface area contributed by atoms with Crippen LogP contribution in [0, 0.1) is 19.7 Å². The van der Waals surface area contributed by atoms with E-state index in [0.29, 0.717) is 24.3 Å². The van der Waals surface area contributed by atoms with Crippen molar-refractivity contribution in [3.63, 3.8) is 0 Å². The number of hydrogen-bond donors (Lipinski definition) is 0. The quantitative estimate of drug-likeness (QED) is 0.703. The fraction of sp³-hybridized carbons (Fsp3) is 0.211. The first kappa shape index (κ1) is 16.0. The standard InChI is InChI=1S/C19H17FN2O2S/c1-12-3-6-18-15(9-12)11-14-7-8-22(19(14)21-18)25(23,24)16-4-5-17(20)13(2)10-16/h3-6,9-11H,7-8H2,1-2H3. The van der Waals surface area contributed by atoms with Crippen molar-refractivity contribution in [3.8, 4) is 0 Å². The van der Waals surface area contributed by atoms with Crippen LogP contribution in [0.2, 0.25) is 0 Å². The van der Waals surface area contributed by atoms with Gasteiger partial charge in [-0.25, -0.2) is 22.1 Å². The predicted molar refractivity (Wildman–Crippen MR) is 95.9 cm³/mol. The number of aromatic nitrogens is 1. The van der Waals surface area contributed by atoms with Gasteiger partial charge in [0.1, 0.15) is 11.6 Å². The summed E-state index contributed by atoms with van der Waals surface area (Å²) in [7, 11) is -3.76. The number of rotatable bonds is 2. The van der Waals surface area contributed by atoms with Crippen molar-refractivity contribution in [3.05, 3.63) is 65.0 Å². The molecule has 0 unspecified atom stereocenters. The molecule has 25 heavy (non-hydrogen) atoms. The lowest BCUT2D eigenvalue weighted by molar-refractivity contribution is 0.590. The van der Waals surface area contributed by atoms with E-state index in [4.69, 9.17) is 0 Å². The molecular formula is C19H17FN2O2S. The molecule has 0 aliphatic carbocycles. The summed E-state index contributed by atoms with van der Waals surface area (Å²) in [6.45, 7) is 3.91. The van der Waals surface area contributed by atoms with Crippen LogP contribution in [0.1, 0.15) is 16.7 Å². The molecule has 0 amide bonds. The number of halogens is 1. The van der Waals surface area contributed by atoms with E-state index in [0.717, 1.165) is 22.0 Å². The molecule has 0 saturated carbocycles. The first-order valence-electron chi connectivity index (χ1n) is 8.05. The van der Waals surface area contributed by atoms with Crippen molar-refractivity contribution in [2.24, 2.45) is 0 Å². The normalized spacial score (nSPS) is 14.1. The molecule has 0 saturated heterocycles. The second-order valence-corrected chi connectivity index (χ2v) is 8.27. The van der Waals surface area contributed by atoms with E-state index in [1.807, 2.05) is 31.2 Å². The molecule has 3 aromatic rings. The fourth-order valence-corrected chi connectivity index (χ4v) is 4.73. The molecule has 1 aliphatic rings. The number of fused-ring (bicyclic) bond motifs is 2. The van der Waals surface area contributed by atoms with Crippen molar-refractivity contribution >= 4 is 26.7 Å². The number of anilines is 1. The van der Waals surface area contributed by atoms with Crippen molar-refractivity contribution in [1.82, 2.24) is 4.98 Å². The van der Waals surface area contributed by atoms with E-state index in [9.17, 15) is 12.8 Å². The van der Waals surface area contributed by atoms with Gasteiger partial charge in [-0.05, 0) is 67.8 Å². The molecule has 2 aromatic carbocycles. The summed E-state index contributed by atoms with van der Waals surface area (Å²) in [5.41, 5.74) is 3.13. The lowest BCUT2D eigenvalue weighted by Crippen LogP contribution is -2.29. The summed E-state index contributed by atoms with van der Waals surface area (Å²) in [5.74, 6) is 0.0543. The molecule has 0 spiro atoms. The van der Waals surface area contributed by atoms with Crippen LogP contribution in [0.4, 0.5) is 10.2 Å². The Balaban J connectivity index is 1.83. The Morgan fingerprint density at radius 1 is 1.08 bits per heavy atom. The molecule has 2 heterocycles. The maximum Gasteiger partial charge on any atom is 0.265 e. The Morgan fingerprint density at radius 2 is 1.88 bits per heavy atom. The largest absolute Gasteiger partial charge is 0.265 e. The highest BCUT2D eigenvalue weighted by Crippen LogP contribution is 2.34. The van der Waals surface area contributed by atoms with Crippen LogP contribution in [0.3, 0.4) is 0 Å². The Labute approximate surface area is 146 Å². The Morgan fingerprint density at radius 3 is 2.64 bits per heavy atom. The second-order valence-electron chi connectivity index (χ2n) is 6.41. The van der Waals surface area contributed by atoms with Gasteiger partial charge >= 0.3 is 0 Å². The summed E-state index contributed by atoms with van der Waals surface area (Å²) >= 11 is 0. The minimum Gasteiger partial charge on any atom is -0.249 e. The zero-order valence-corrected chi connectivity index (χ0v) is 14.8. The van der Waals surface area contributed by atoms with Gasteiger partial charge in [0.15, 0.2) is 0 Å². The average molecular weight is 356 g/mol. The fourth-order valence-electron chi connectivity index (χ4n) is 3.20. The van der Waals surface area contributed by atoms with Crippen molar-refractivity contribution in [2.45, 2.75) is 25.2 Å². The number of hydrogen-bond acceptors (Lipinski definition) is 3. The zero-order chi connectivity index (χ0) is 17.8. The predicted octanol–water partition coefficient (Wildman–Crippen LogP) is 3.74. The Hall–Kier alpha value is -2.47. The molecule has 0 fully saturated rings. The highest BCUT2D eigenvalue weighted by molar-refractivity contribution is 7.92. The SMILES string of the molecule is Cc1ccc2nc3c(cc2c1)CCN3S(=O)(=O)c1ccc(F)c(C)c1. The third kappa shape index (κ3) is 2.57. The van der Waals surface area contributed by atoms with E-state index in [-0.39, 0.29) is 4.90 Å². The van der Waals surface area contributed by atoms with E-state index < -0.39 is 15.8 Å². The van der Waals surface area contributed by atoms with E-state index in [1.54, 1.807) is 6.92 Å². The minimum absolute atomic E-state index is 0.0880.